The van der Waals surface area contributed by atoms with E-state index in [1.807, 2.05) is 67.0 Å². The van der Waals surface area contributed by atoms with Crippen LogP contribution in [0, 0.1) is 19.8 Å². The van der Waals surface area contributed by atoms with Crippen molar-refractivity contribution in [1.82, 2.24) is 4.90 Å². The Labute approximate surface area is 207 Å². The van der Waals surface area contributed by atoms with Gasteiger partial charge in [-0.2, -0.15) is 0 Å². The van der Waals surface area contributed by atoms with Crippen molar-refractivity contribution >= 4 is 29.1 Å². The Hall–Kier alpha value is -3.19. The molecular weight excluding hydrogens is 440 g/mol. The average Bonchev–Trinajstić information content (AvgIpc) is 2.81. The number of rotatable bonds is 5. The van der Waals surface area contributed by atoms with E-state index in [2.05, 4.69) is 11.0 Å². The molecule has 0 saturated carbocycles. The highest BCUT2D eigenvalue weighted by molar-refractivity contribution is 5.98. The van der Waals surface area contributed by atoms with Crippen LogP contribution in [0.3, 0.4) is 0 Å². The fraction of sp³-hybridized carbons (Fsp3) is 0.464. The molecule has 2 aliphatic heterocycles. The number of benzene rings is 2. The Morgan fingerprint density at radius 1 is 1.00 bits per heavy atom. The number of carbonyl (C=O) groups excluding carboxylic acids is 3. The number of fused-ring (bicyclic) bond motifs is 1. The van der Waals surface area contributed by atoms with Crippen LogP contribution in [0.4, 0.5) is 11.4 Å². The van der Waals surface area contributed by atoms with Crippen LogP contribution in [0.25, 0.3) is 0 Å². The number of primary amides is 1. The summed E-state index contributed by atoms with van der Waals surface area (Å²) in [7, 11) is 0. The first-order chi connectivity index (χ1) is 16.7. The smallest absolute Gasteiger partial charge is 0.241 e. The third-order valence-electron chi connectivity index (χ3n) is 7.39. The number of likely N-dealkylation sites (tertiary alicyclic amines) is 1. The number of hydrogen-bond donors (Lipinski definition) is 1. The fourth-order valence-corrected chi connectivity index (χ4v) is 5.52. The molecule has 1 fully saturated rings. The lowest BCUT2D eigenvalue weighted by molar-refractivity contribution is -0.123. The first-order valence-electron chi connectivity index (χ1n) is 12.5. The van der Waals surface area contributed by atoms with Crippen LogP contribution in [0.2, 0.25) is 0 Å². The van der Waals surface area contributed by atoms with Crippen LogP contribution in [0.15, 0.2) is 42.5 Å². The fourth-order valence-electron chi connectivity index (χ4n) is 5.52. The number of nitrogens with two attached hydrogens (primary N) is 1. The summed E-state index contributed by atoms with van der Waals surface area (Å²) in [4.78, 5) is 43.9. The van der Waals surface area contributed by atoms with E-state index in [0.29, 0.717) is 32.4 Å². The minimum atomic E-state index is -0.254. The van der Waals surface area contributed by atoms with Gasteiger partial charge in [0.05, 0.1) is 12.6 Å². The molecule has 35 heavy (non-hydrogen) atoms. The second-order valence-electron chi connectivity index (χ2n) is 10.1. The molecule has 3 amide bonds. The third-order valence-corrected chi connectivity index (χ3v) is 7.39. The average molecular weight is 477 g/mol. The third kappa shape index (κ3) is 5.25. The van der Waals surface area contributed by atoms with Crippen LogP contribution in [-0.4, -0.2) is 48.3 Å². The Bertz CT molecular complexity index is 1110. The molecule has 2 atom stereocenters. The van der Waals surface area contributed by atoms with E-state index < -0.39 is 0 Å². The van der Waals surface area contributed by atoms with E-state index in [0.717, 1.165) is 28.1 Å². The zero-order valence-corrected chi connectivity index (χ0v) is 21.2. The number of piperidine rings is 1. The van der Waals surface area contributed by atoms with E-state index >= 15 is 0 Å². The summed E-state index contributed by atoms with van der Waals surface area (Å²) >= 11 is 0. The van der Waals surface area contributed by atoms with Crippen LogP contribution in [-0.2, 0) is 14.4 Å². The molecule has 0 bridgehead atoms. The molecule has 0 aromatic heterocycles. The van der Waals surface area contributed by atoms with E-state index in [1.54, 1.807) is 6.92 Å². The predicted molar refractivity (Wildman–Crippen MR) is 138 cm³/mol. The zero-order valence-electron chi connectivity index (χ0n) is 21.2. The van der Waals surface area contributed by atoms with Crippen LogP contribution in [0.5, 0.6) is 0 Å². The highest BCUT2D eigenvalue weighted by Crippen LogP contribution is 2.43. The summed E-state index contributed by atoms with van der Waals surface area (Å²) in [6, 6.07) is 14.0. The van der Waals surface area contributed by atoms with Gasteiger partial charge in [0.25, 0.3) is 0 Å². The van der Waals surface area contributed by atoms with Gasteiger partial charge in [0.15, 0.2) is 0 Å². The van der Waals surface area contributed by atoms with Crippen molar-refractivity contribution in [2.75, 3.05) is 29.4 Å². The highest BCUT2D eigenvalue weighted by Gasteiger charge is 2.38. The topological polar surface area (TPSA) is 87.0 Å². The molecular formula is C28H36N4O3. The minimum Gasteiger partial charge on any atom is -0.369 e. The molecule has 186 valence electrons. The molecule has 0 aliphatic carbocycles. The molecule has 2 aromatic rings. The largest absolute Gasteiger partial charge is 0.369 e. The van der Waals surface area contributed by atoms with Gasteiger partial charge in [-0.15, -0.1) is 0 Å². The SMILES string of the molecule is CC(=O)N1c2ccc(C)cc2[C@H](N(C(=O)CN2CCC(C(N)=O)CC2)c2ccc(C)cc2)C[C@H]1C. The standard InChI is InChI=1S/C28H36N4O3/c1-18-5-8-23(9-6-18)32(27(34)17-30-13-11-22(12-14-30)28(29)35)26-16-20(3)31(21(4)33)25-10-7-19(2)15-24(25)26/h5-10,15,20,22,26H,11-14,16-17H2,1-4H3,(H2,29,35)/t20-,26-/m1/s1. The predicted octanol–water partition coefficient (Wildman–Crippen LogP) is 3.72. The first-order valence-corrected chi connectivity index (χ1v) is 12.5. The van der Waals surface area contributed by atoms with E-state index in [-0.39, 0.29) is 42.3 Å². The number of aryl methyl sites for hydroxylation is 2. The van der Waals surface area contributed by atoms with Crippen LogP contribution >= 0.6 is 0 Å². The first kappa shape index (κ1) is 24.9. The number of nitrogens with zero attached hydrogens (tertiary/aromatic N) is 3. The van der Waals surface area contributed by atoms with Gasteiger partial charge in [0.2, 0.25) is 17.7 Å². The highest BCUT2D eigenvalue weighted by atomic mass is 16.2. The van der Waals surface area contributed by atoms with Crippen molar-refractivity contribution in [2.24, 2.45) is 11.7 Å². The van der Waals surface area contributed by atoms with E-state index in [9.17, 15) is 14.4 Å². The van der Waals surface area contributed by atoms with Gasteiger partial charge in [0.1, 0.15) is 0 Å². The number of anilines is 2. The lowest BCUT2D eigenvalue weighted by atomic mass is 9.88. The van der Waals surface area contributed by atoms with Gasteiger partial charge in [-0.1, -0.05) is 35.4 Å². The van der Waals surface area contributed by atoms with Crippen LogP contribution in [0.1, 0.15) is 55.8 Å². The Kier molecular flexibility index (Phi) is 7.26. The van der Waals surface area contributed by atoms with Gasteiger partial charge in [0, 0.05) is 30.3 Å². The normalized spacial score (nSPS) is 20.9. The van der Waals surface area contributed by atoms with Crippen molar-refractivity contribution in [2.45, 2.75) is 59.0 Å². The number of hydrogen-bond acceptors (Lipinski definition) is 4. The summed E-state index contributed by atoms with van der Waals surface area (Å²) in [6.07, 6.45) is 2.02. The van der Waals surface area contributed by atoms with Gasteiger partial charge in [-0.05, 0) is 76.9 Å². The molecule has 7 nitrogen and oxygen atoms in total. The minimum absolute atomic E-state index is 0.00610. The maximum absolute atomic E-state index is 13.9. The molecule has 0 spiro atoms. The van der Waals surface area contributed by atoms with E-state index in [4.69, 9.17) is 5.73 Å². The van der Waals surface area contributed by atoms with Crippen LogP contribution < -0.4 is 15.5 Å². The molecule has 1 saturated heterocycles. The quantitative estimate of drug-likeness (QED) is 0.713. The van der Waals surface area contributed by atoms with Crippen molar-refractivity contribution in [1.29, 1.82) is 0 Å². The summed E-state index contributed by atoms with van der Waals surface area (Å²) in [5.74, 6) is -0.337. The van der Waals surface area contributed by atoms with Crippen molar-refractivity contribution in [3.63, 3.8) is 0 Å². The van der Waals surface area contributed by atoms with Gasteiger partial charge >= 0.3 is 0 Å². The maximum atomic E-state index is 13.9. The summed E-state index contributed by atoms with van der Waals surface area (Å²) in [5.41, 5.74) is 10.4. The molecule has 7 heteroatoms. The summed E-state index contributed by atoms with van der Waals surface area (Å²) in [6.45, 7) is 9.34. The van der Waals surface area contributed by atoms with Gasteiger partial charge in [-0.3, -0.25) is 19.3 Å². The second kappa shape index (κ2) is 10.2. The molecule has 2 aromatic carbocycles. The Morgan fingerprint density at radius 2 is 1.63 bits per heavy atom. The van der Waals surface area contributed by atoms with Crippen molar-refractivity contribution in [3.8, 4) is 0 Å². The number of carbonyl (C=O) groups is 3. The van der Waals surface area contributed by atoms with Crippen molar-refractivity contribution in [3.05, 3.63) is 59.2 Å². The summed E-state index contributed by atoms with van der Waals surface area (Å²) < 4.78 is 0. The summed E-state index contributed by atoms with van der Waals surface area (Å²) in [5, 5.41) is 0. The molecule has 2 heterocycles. The second-order valence-corrected chi connectivity index (χ2v) is 10.1. The molecule has 0 radical (unpaired) electrons. The number of amides is 3. The van der Waals surface area contributed by atoms with E-state index in [1.165, 1.54) is 0 Å². The lowest BCUT2D eigenvalue weighted by Crippen LogP contribution is -2.50. The van der Waals surface area contributed by atoms with Gasteiger partial charge < -0.3 is 15.5 Å². The lowest BCUT2D eigenvalue weighted by Gasteiger charge is -2.44. The monoisotopic (exact) mass is 476 g/mol. The Balaban J connectivity index is 1.69. The molecule has 0 unspecified atom stereocenters. The van der Waals surface area contributed by atoms with Gasteiger partial charge in [-0.25, -0.2) is 0 Å². The molecule has 4 rings (SSSR count). The molecule has 2 aliphatic rings. The maximum Gasteiger partial charge on any atom is 0.241 e. The Morgan fingerprint density at radius 3 is 2.23 bits per heavy atom. The van der Waals surface area contributed by atoms with Crippen molar-refractivity contribution < 1.29 is 14.4 Å². The zero-order chi connectivity index (χ0) is 25.3. The molecule has 2 N–H and O–H groups in total.